The summed E-state index contributed by atoms with van der Waals surface area (Å²) in [6, 6.07) is 14.1. The number of piperazine rings is 1. The highest BCUT2D eigenvalue weighted by atomic mass is 16.5. The number of carbonyl (C=O) groups excluding carboxylic acids is 1. The Labute approximate surface area is 181 Å². The lowest BCUT2D eigenvalue weighted by atomic mass is 10.0. The predicted molar refractivity (Wildman–Crippen MR) is 120 cm³/mol. The van der Waals surface area contributed by atoms with Gasteiger partial charge in [0.15, 0.2) is 6.61 Å². The molecule has 0 N–H and O–H groups in total. The summed E-state index contributed by atoms with van der Waals surface area (Å²) in [5.41, 5.74) is 4.20. The monoisotopic (exact) mass is 418 g/mol. The van der Waals surface area contributed by atoms with E-state index in [1.807, 2.05) is 42.2 Å². The SMILES string of the molecule is Cc1cc(OCC(=O)N2CCN(c3ccccc3)CC2)c2c3c(c(=O)oc2c1)CCC3. The molecule has 0 atom stereocenters. The Hall–Kier alpha value is -3.28. The van der Waals surface area contributed by atoms with E-state index in [0.29, 0.717) is 24.4 Å². The van der Waals surface area contributed by atoms with Gasteiger partial charge in [-0.05, 0) is 61.6 Å². The van der Waals surface area contributed by atoms with Crippen LogP contribution in [0.3, 0.4) is 0 Å². The molecule has 1 saturated heterocycles. The van der Waals surface area contributed by atoms with Crippen LogP contribution in [0.25, 0.3) is 11.0 Å². The minimum Gasteiger partial charge on any atom is -0.483 e. The van der Waals surface area contributed by atoms with E-state index in [1.165, 1.54) is 5.69 Å². The van der Waals surface area contributed by atoms with Crippen molar-refractivity contribution in [1.82, 2.24) is 4.90 Å². The van der Waals surface area contributed by atoms with Crippen LogP contribution in [0, 0.1) is 6.92 Å². The van der Waals surface area contributed by atoms with E-state index in [2.05, 4.69) is 17.0 Å². The zero-order valence-electron chi connectivity index (χ0n) is 17.7. The maximum Gasteiger partial charge on any atom is 0.339 e. The molecule has 3 aromatic rings. The molecule has 0 bridgehead atoms. The number of rotatable bonds is 4. The minimum absolute atomic E-state index is 0.0161. The largest absolute Gasteiger partial charge is 0.483 e. The van der Waals surface area contributed by atoms with Gasteiger partial charge in [-0.1, -0.05) is 18.2 Å². The molecule has 2 heterocycles. The van der Waals surface area contributed by atoms with Crippen LogP contribution in [0.2, 0.25) is 0 Å². The third-order valence-electron chi connectivity index (χ3n) is 6.28. The zero-order valence-corrected chi connectivity index (χ0v) is 17.7. The summed E-state index contributed by atoms with van der Waals surface area (Å²) in [5.74, 6) is 0.615. The number of aryl methyl sites for hydroxylation is 2. The van der Waals surface area contributed by atoms with Gasteiger partial charge in [0.05, 0.1) is 5.39 Å². The van der Waals surface area contributed by atoms with Gasteiger partial charge in [-0.3, -0.25) is 4.79 Å². The number of hydrogen-bond acceptors (Lipinski definition) is 5. The molecular weight excluding hydrogens is 392 g/mol. The van der Waals surface area contributed by atoms with Crippen molar-refractivity contribution in [2.45, 2.75) is 26.2 Å². The van der Waals surface area contributed by atoms with Crippen molar-refractivity contribution in [3.63, 3.8) is 0 Å². The van der Waals surface area contributed by atoms with Crippen LogP contribution < -0.4 is 15.3 Å². The lowest BCUT2D eigenvalue weighted by molar-refractivity contribution is -0.133. The number of carbonyl (C=O) groups is 1. The number of amides is 1. The predicted octanol–water partition coefficient (Wildman–Crippen LogP) is 3.32. The first-order valence-corrected chi connectivity index (χ1v) is 10.9. The summed E-state index contributed by atoms with van der Waals surface area (Å²) < 4.78 is 11.6. The molecule has 1 amide bonds. The Morgan fingerprint density at radius 1 is 1.03 bits per heavy atom. The number of nitrogens with zero attached hydrogens (tertiary/aromatic N) is 2. The second kappa shape index (κ2) is 8.10. The highest BCUT2D eigenvalue weighted by Crippen LogP contribution is 2.35. The van der Waals surface area contributed by atoms with E-state index in [4.69, 9.17) is 9.15 Å². The van der Waals surface area contributed by atoms with E-state index in [9.17, 15) is 9.59 Å². The van der Waals surface area contributed by atoms with Crippen LogP contribution in [-0.4, -0.2) is 43.6 Å². The van der Waals surface area contributed by atoms with E-state index in [-0.39, 0.29) is 18.1 Å². The quantitative estimate of drug-likeness (QED) is 0.609. The second-order valence-electron chi connectivity index (χ2n) is 8.33. The third kappa shape index (κ3) is 3.78. The van der Waals surface area contributed by atoms with Crippen LogP contribution in [0.4, 0.5) is 5.69 Å². The smallest absolute Gasteiger partial charge is 0.339 e. The summed E-state index contributed by atoms with van der Waals surface area (Å²) in [5, 5.41) is 0.847. The summed E-state index contributed by atoms with van der Waals surface area (Å²) in [6.45, 7) is 4.89. The molecule has 31 heavy (non-hydrogen) atoms. The highest BCUT2D eigenvalue weighted by Gasteiger charge is 2.24. The van der Waals surface area contributed by atoms with Gasteiger partial charge >= 0.3 is 5.63 Å². The Balaban J connectivity index is 1.30. The van der Waals surface area contributed by atoms with E-state index < -0.39 is 0 Å². The van der Waals surface area contributed by atoms with Crippen molar-refractivity contribution in [2.24, 2.45) is 0 Å². The number of ether oxygens (including phenoxy) is 1. The second-order valence-corrected chi connectivity index (χ2v) is 8.33. The van der Waals surface area contributed by atoms with Gasteiger partial charge in [0, 0.05) is 37.4 Å². The Bertz CT molecular complexity index is 1180. The van der Waals surface area contributed by atoms with Crippen LogP contribution in [0.1, 0.15) is 23.1 Å². The summed E-state index contributed by atoms with van der Waals surface area (Å²) in [6.07, 6.45) is 2.52. The van der Waals surface area contributed by atoms with E-state index in [0.717, 1.165) is 54.4 Å². The van der Waals surface area contributed by atoms with Gasteiger partial charge in [-0.2, -0.15) is 0 Å². The van der Waals surface area contributed by atoms with Crippen LogP contribution in [-0.2, 0) is 17.6 Å². The Morgan fingerprint density at radius 3 is 2.55 bits per heavy atom. The van der Waals surface area contributed by atoms with Crippen molar-refractivity contribution in [2.75, 3.05) is 37.7 Å². The van der Waals surface area contributed by atoms with Gasteiger partial charge in [0.2, 0.25) is 0 Å². The molecule has 6 heteroatoms. The maximum atomic E-state index is 12.8. The average molecular weight is 418 g/mol. The molecule has 160 valence electrons. The molecule has 0 spiro atoms. The van der Waals surface area contributed by atoms with Crippen molar-refractivity contribution < 1.29 is 13.9 Å². The maximum absolute atomic E-state index is 12.8. The lowest BCUT2D eigenvalue weighted by Gasteiger charge is -2.36. The molecule has 6 nitrogen and oxygen atoms in total. The van der Waals surface area contributed by atoms with Crippen LogP contribution >= 0.6 is 0 Å². The number of fused-ring (bicyclic) bond motifs is 3. The summed E-state index contributed by atoms with van der Waals surface area (Å²) in [4.78, 5) is 29.3. The molecule has 2 aliphatic rings. The molecule has 1 fully saturated rings. The molecule has 0 unspecified atom stereocenters. The topological polar surface area (TPSA) is 63.0 Å². The molecule has 1 aliphatic carbocycles. The average Bonchev–Trinajstić information content (AvgIpc) is 3.28. The summed E-state index contributed by atoms with van der Waals surface area (Å²) >= 11 is 0. The van der Waals surface area contributed by atoms with E-state index >= 15 is 0 Å². The van der Waals surface area contributed by atoms with Gasteiger partial charge in [0.25, 0.3) is 5.91 Å². The normalized spacial score (nSPS) is 15.9. The van der Waals surface area contributed by atoms with Crippen LogP contribution in [0.15, 0.2) is 51.7 Å². The highest BCUT2D eigenvalue weighted by molar-refractivity contribution is 5.89. The molecule has 0 saturated carbocycles. The number of benzene rings is 2. The lowest BCUT2D eigenvalue weighted by Crippen LogP contribution is -2.50. The van der Waals surface area contributed by atoms with Crippen molar-refractivity contribution in [3.8, 4) is 5.75 Å². The van der Waals surface area contributed by atoms with Crippen LogP contribution in [0.5, 0.6) is 5.75 Å². The summed E-state index contributed by atoms with van der Waals surface area (Å²) in [7, 11) is 0. The third-order valence-corrected chi connectivity index (χ3v) is 6.28. The van der Waals surface area contributed by atoms with Gasteiger partial charge < -0.3 is 19.0 Å². The van der Waals surface area contributed by atoms with Crippen molar-refractivity contribution >= 4 is 22.6 Å². The number of para-hydroxylation sites is 1. The molecule has 1 aromatic heterocycles. The zero-order chi connectivity index (χ0) is 21.4. The fraction of sp³-hybridized carbons (Fsp3) is 0.360. The fourth-order valence-electron chi connectivity index (χ4n) is 4.70. The van der Waals surface area contributed by atoms with E-state index in [1.54, 1.807) is 0 Å². The molecule has 2 aromatic carbocycles. The first-order chi connectivity index (χ1) is 15.1. The van der Waals surface area contributed by atoms with Crippen molar-refractivity contribution in [1.29, 1.82) is 0 Å². The minimum atomic E-state index is -0.246. The first-order valence-electron chi connectivity index (χ1n) is 10.9. The molecule has 1 aliphatic heterocycles. The van der Waals surface area contributed by atoms with Gasteiger partial charge in [-0.15, -0.1) is 0 Å². The first kappa shape index (κ1) is 19.7. The molecule has 0 radical (unpaired) electrons. The Morgan fingerprint density at radius 2 is 1.77 bits per heavy atom. The molecule has 5 rings (SSSR count). The standard InChI is InChI=1S/C25H26N2O4/c1-17-14-21(24-19-8-5-9-20(19)25(29)31-22(24)15-17)30-16-23(28)27-12-10-26(11-13-27)18-6-3-2-4-7-18/h2-4,6-7,14-15H,5,8-13,16H2,1H3. The number of hydrogen-bond donors (Lipinski definition) is 0. The molecular formula is C25H26N2O4. The van der Waals surface area contributed by atoms with Crippen molar-refractivity contribution in [3.05, 3.63) is 69.6 Å². The van der Waals surface area contributed by atoms with Gasteiger partial charge in [0.1, 0.15) is 11.3 Å². The number of anilines is 1. The Kier molecular flexibility index (Phi) is 5.14. The van der Waals surface area contributed by atoms with Gasteiger partial charge in [-0.25, -0.2) is 4.79 Å². The fourth-order valence-corrected chi connectivity index (χ4v) is 4.70.